The third kappa shape index (κ3) is 3.12. The highest BCUT2D eigenvalue weighted by atomic mass is 35.7. The Hall–Kier alpha value is 0.590. The fourth-order valence-corrected chi connectivity index (χ4v) is 4.21. The highest BCUT2D eigenvalue weighted by Crippen LogP contribution is 2.27. The van der Waals surface area contributed by atoms with Crippen molar-refractivity contribution in [2.45, 2.75) is 18.1 Å². The molecule has 1 unspecified atom stereocenters. The molecule has 1 saturated heterocycles. The Balaban J connectivity index is 2.38. The van der Waals surface area contributed by atoms with Crippen LogP contribution in [0.2, 0.25) is 0 Å². The van der Waals surface area contributed by atoms with Crippen LogP contribution in [0.25, 0.3) is 0 Å². The van der Waals surface area contributed by atoms with Crippen molar-refractivity contribution in [2.75, 3.05) is 11.5 Å². The molecule has 1 fully saturated rings. The first-order chi connectivity index (χ1) is 4.58. The van der Waals surface area contributed by atoms with E-state index in [1.807, 2.05) is 0 Å². The summed E-state index contributed by atoms with van der Waals surface area (Å²) < 4.78 is 21.1. The fourth-order valence-electron chi connectivity index (χ4n) is 0.998. The van der Waals surface area contributed by atoms with Crippen LogP contribution in [0.1, 0.15) is 12.8 Å². The summed E-state index contributed by atoms with van der Waals surface area (Å²) in [5.41, 5.74) is 0. The molecule has 0 amide bonds. The van der Waals surface area contributed by atoms with Gasteiger partial charge in [0.15, 0.2) is 0 Å². The zero-order chi connectivity index (χ0) is 7.61. The first kappa shape index (κ1) is 8.68. The van der Waals surface area contributed by atoms with E-state index in [1.54, 1.807) is 11.8 Å². The van der Waals surface area contributed by atoms with E-state index >= 15 is 0 Å². The van der Waals surface area contributed by atoms with Crippen molar-refractivity contribution in [1.82, 2.24) is 0 Å². The molecule has 0 aromatic rings. The van der Waals surface area contributed by atoms with Crippen LogP contribution in [-0.2, 0) is 9.05 Å². The van der Waals surface area contributed by atoms with Crippen molar-refractivity contribution in [3.8, 4) is 0 Å². The van der Waals surface area contributed by atoms with Crippen molar-refractivity contribution in [3.63, 3.8) is 0 Å². The van der Waals surface area contributed by atoms with Crippen LogP contribution < -0.4 is 0 Å². The summed E-state index contributed by atoms with van der Waals surface area (Å²) in [6.45, 7) is 0. The highest BCUT2D eigenvalue weighted by Gasteiger charge is 2.20. The van der Waals surface area contributed by atoms with Crippen LogP contribution in [0, 0.1) is 0 Å². The standard InChI is InChI=1S/C5H9ClO2S2/c6-10(7,8)4-5-2-1-3-9-5/h5H,1-4H2. The number of hydrogen-bond donors (Lipinski definition) is 0. The molecule has 10 heavy (non-hydrogen) atoms. The van der Waals surface area contributed by atoms with E-state index in [0.29, 0.717) is 0 Å². The quantitative estimate of drug-likeness (QED) is 0.633. The van der Waals surface area contributed by atoms with Gasteiger partial charge in [-0.15, -0.1) is 0 Å². The minimum Gasteiger partial charge on any atom is -0.212 e. The molecule has 0 spiro atoms. The summed E-state index contributed by atoms with van der Waals surface area (Å²) in [6, 6.07) is 0. The maximum absolute atomic E-state index is 10.5. The molecule has 1 aliphatic heterocycles. The lowest BCUT2D eigenvalue weighted by Crippen LogP contribution is -2.10. The van der Waals surface area contributed by atoms with Gasteiger partial charge in [-0.3, -0.25) is 0 Å². The molecule has 1 atom stereocenters. The second-order valence-corrected chi connectivity index (χ2v) is 6.57. The molecule has 0 N–H and O–H groups in total. The lowest BCUT2D eigenvalue weighted by Gasteiger charge is -2.02. The van der Waals surface area contributed by atoms with E-state index in [4.69, 9.17) is 10.7 Å². The minimum absolute atomic E-state index is 0.138. The Morgan fingerprint density at radius 3 is 2.70 bits per heavy atom. The van der Waals surface area contributed by atoms with Gasteiger partial charge in [0.25, 0.3) is 0 Å². The van der Waals surface area contributed by atoms with E-state index in [0.717, 1.165) is 18.6 Å². The largest absolute Gasteiger partial charge is 0.233 e. The second-order valence-electron chi connectivity index (χ2n) is 2.34. The van der Waals surface area contributed by atoms with Gasteiger partial charge in [-0.05, 0) is 18.6 Å². The van der Waals surface area contributed by atoms with Crippen LogP contribution in [0.4, 0.5) is 0 Å². The van der Waals surface area contributed by atoms with Crippen molar-refractivity contribution < 1.29 is 8.42 Å². The van der Waals surface area contributed by atoms with Gasteiger partial charge in [0.1, 0.15) is 0 Å². The van der Waals surface area contributed by atoms with Crippen molar-refractivity contribution in [1.29, 1.82) is 0 Å². The van der Waals surface area contributed by atoms with Gasteiger partial charge in [0, 0.05) is 15.9 Å². The third-order valence-corrected chi connectivity index (χ3v) is 4.20. The Bertz CT molecular complexity index is 194. The Labute approximate surface area is 69.7 Å². The Morgan fingerprint density at radius 1 is 1.60 bits per heavy atom. The maximum Gasteiger partial charge on any atom is 0.233 e. The van der Waals surface area contributed by atoms with Crippen LogP contribution in [0.3, 0.4) is 0 Å². The van der Waals surface area contributed by atoms with E-state index < -0.39 is 9.05 Å². The van der Waals surface area contributed by atoms with Gasteiger partial charge in [-0.2, -0.15) is 11.8 Å². The van der Waals surface area contributed by atoms with Crippen molar-refractivity contribution in [3.05, 3.63) is 0 Å². The number of rotatable bonds is 2. The summed E-state index contributed by atoms with van der Waals surface area (Å²) in [5.74, 6) is 1.22. The molecule has 0 aromatic carbocycles. The predicted octanol–water partition coefficient (Wildman–Crippen LogP) is 1.45. The van der Waals surface area contributed by atoms with Gasteiger partial charge in [0.05, 0.1) is 5.75 Å². The molecule has 60 valence electrons. The molecule has 0 aromatic heterocycles. The van der Waals surface area contributed by atoms with Gasteiger partial charge in [0.2, 0.25) is 9.05 Å². The summed E-state index contributed by atoms with van der Waals surface area (Å²) in [4.78, 5) is 0. The fraction of sp³-hybridized carbons (Fsp3) is 1.00. The van der Waals surface area contributed by atoms with Crippen LogP contribution in [0.5, 0.6) is 0 Å². The van der Waals surface area contributed by atoms with Crippen LogP contribution in [-0.4, -0.2) is 25.2 Å². The first-order valence-corrected chi connectivity index (χ1v) is 6.64. The lowest BCUT2D eigenvalue weighted by atomic mass is 10.3. The average molecular weight is 201 g/mol. The summed E-state index contributed by atoms with van der Waals surface area (Å²) in [5, 5.41) is 0.252. The molecule has 5 heteroatoms. The molecule has 1 rings (SSSR count). The molecule has 0 aliphatic carbocycles. The molecule has 1 aliphatic rings. The van der Waals surface area contributed by atoms with Crippen LogP contribution in [0.15, 0.2) is 0 Å². The smallest absolute Gasteiger partial charge is 0.212 e. The molecule has 0 bridgehead atoms. The van der Waals surface area contributed by atoms with E-state index in [2.05, 4.69) is 0 Å². The average Bonchev–Trinajstić information content (AvgIpc) is 2.12. The zero-order valence-electron chi connectivity index (χ0n) is 5.42. The zero-order valence-corrected chi connectivity index (χ0v) is 7.81. The summed E-state index contributed by atoms with van der Waals surface area (Å²) >= 11 is 1.71. The van der Waals surface area contributed by atoms with Gasteiger partial charge < -0.3 is 0 Å². The molecule has 1 heterocycles. The minimum atomic E-state index is -3.26. The highest BCUT2D eigenvalue weighted by molar-refractivity contribution is 8.14. The second kappa shape index (κ2) is 3.32. The number of hydrogen-bond acceptors (Lipinski definition) is 3. The summed E-state index contributed by atoms with van der Waals surface area (Å²) in [7, 11) is 1.82. The third-order valence-electron chi connectivity index (χ3n) is 1.41. The van der Waals surface area contributed by atoms with Gasteiger partial charge in [-0.1, -0.05) is 0 Å². The summed E-state index contributed by atoms with van der Waals surface area (Å²) in [6.07, 6.45) is 2.12. The number of thioether (sulfide) groups is 1. The van der Waals surface area contributed by atoms with E-state index in [1.165, 1.54) is 0 Å². The van der Waals surface area contributed by atoms with Gasteiger partial charge in [-0.25, -0.2) is 8.42 Å². The van der Waals surface area contributed by atoms with Crippen molar-refractivity contribution >= 4 is 31.5 Å². The first-order valence-electron chi connectivity index (χ1n) is 3.12. The molecule has 2 nitrogen and oxygen atoms in total. The Kier molecular flexibility index (Phi) is 2.89. The predicted molar refractivity (Wildman–Crippen MR) is 45.1 cm³/mol. The van der Waals surface area contributed by atoms with E-state index in [9.17, 15) is 8.42 Å². The topological polar surface area (TPSA) is 34.1 Å². The monoisotopic (exact) mass is 200 g/mol. The number of halogens is 1. The maximum atomic E-state index is 10.5. The Morgan fingerprint density at radius 2 is 2.30 bits per heavy atom. The molecular weight excluding hydrogens is 192 g/mol. The van der Waals surface area contributed by atoms with Crippen LogP contribution >= 0.6 is 22.4 Å². The molecule has 0 saturated carbocycles. The molecule has 0 radical (unpaired) electrons. The van der Waals surface area contributed by atoms with Crippen molar-refractivity contribution in [2.24, 2.45) is 0 Å². The SMILES string of the molecule is O=S(=O)(Cl)CC1CCCS1. The normalized spacial score (nSPS) is 27.1. The lowest BCUT2D eigenvalue weighted by molar-refractivity contribution is 0.607. The molecular formula is C5H9ClO2S2. The van der Waals surface area contributed by atoms with Gasteiger partial charge >= 0.3 is 0 Å². The van der Waals surface area contributed by atoms with E-state index in [-0.39, 0.29) is 11.0 Å².